The normalized spacial score (nSPS) is 13.2. The Hall–Kier alpha value is -1.34. The first-order chi connectivity index (χ1) is 9.90. The average molecular weight is 300 g/mol. The predicted octanol–water partition coefficient (Wildman–Crippen LogP) is 1.77. The molecule has 0 radical (unpaired) electrons. The Balaban J connectivity index is 0.000000270. The van der Waals surface area contributed by atoms with E-state index in [0.29, 0.717) is 25.8 Å². The van der Waals surface area contributed by atoms with Crippen molar-refractivity contribution in [2.24, 2.45) is 0 Å². The van der Waals surface area contributed by atoms with Gasteiger partial charge in [0.25, 0.3) is 0 Å². The highest BCUT2D eigenvalue weighted by atomic mass is 16.7. The van der Waals surface area contributed by atoms with Crippen LogP contribution in [0.5, 0.6) is 11.5 Å². The molecule has 2 N–H and O–H groups in total. The number of benzene rings is 1. The molecule has 2 rings (SSSR count). The summed E-state index contributed by atoms with van der Waals surface area (Å²) in [6.45, 7) is 4.54. The first kappa shape index (κ1) is 17.7. The second kappa shape index (κ2) is 8.19. The molecule has 21 heavy (non-hydrogen) atoms. The molecule has 1 aliphatic rings. The number of fused-ring (bicyclic) bond motifs is 1. The minimum Gasteiger partial charge on any atom is -0.508 e. The molecule has 0 aliphatic carbocycles. The second-order valence-electron chi connectivity index (χ2n) is 5.15. The van der Waals surface area contributed by atoms with Gasteiger partial charge in [-0.15, -0.1) is 0 Å². The van der Waals surface area contributed by atoms with E-state index >= 15 is 0 Å². The van der Waals surface area contributed by atoms with Crippen LogP contribution in [0.15, 0.2) is 12.1 Å². The Labute approximate surface area is 125 Å². The Morgan fingerprint density at radius 3 is 2.33 bits per heavy atom. The van der Waals surface area contributed by atoms with E-state index in [0.717, 1.165) is 17.7 Å². The van der Waals surface area contributed by atoms with Crippen LogP contribution in [0.1, 0.15) is 25.0 Å². The Morgan fingerprint density at radius 2 is 1.81 bits per heavy atom. The fourth-order valence-corrected chi connectivity index (χ4v) is 1.90. The fraction of sp³-hybridized carbons (Fsp3) is 0.600. The fourth-order valence-electron chi connectivity index (χ4n) is 1.90. The number of methoxy groups -OCH3 is 2. The quantitative estimate of drug-likeness (QED) is 0.637. The minimum atomic E-state index is -1.04. The Kier molecular flexibility index (Phi) is 6.91. The molecular weight excluding hydrogens is 276 g/mol. The van der Waals surface area contributed by atoms with Gasteiger partial charge in [0.2, 0.25) is 0 Å². The highest BCUT2D eigenvalue weighted by Crippen LogP contribution is 2.37. The number of hydrogen-bond acceptors (Lipinski definition) is 6. The highest BCUT2D eigenvalue weighted by molar-refractivity contribution is 5.49. The molecule has 0 unspecified atom stereocenters. The van der Waals surface area contributed by atoms with E-state index in [1.807, 2.05) is 0 Å². The third kappa shape index (κ3) is 5.51. The van der Waals surface area contributed by atoms with Crippen LogP contribution in [-0.4, -0.2) is 44.6 Å². The highest BCUT2D eigenvalue weighted by Gasteiger charge is 2.24. The summed E-state index contributed by atoms with van der Waals surface area (Å²) in [5, 5.41) is 19.5. The minimum absolute atomic E-state index is 0.141. The third-order valence-electron chi connectivity index (χ3n) is 2.87. The molecule has 0 amide bonds. The largest absolute Gasteiger partial charge is 0.508 e. The zero-order valence-electron chi connectivity index (χ0n) is 13.0. The molecule has 0 atom stereocenters. The lowest BCUT2D eigenvalue weighted by Crippen LogP contribution is -2.15. The summed E-state index contributed by atoms with van der Waals surface area (Å²) in [7, 11) is 3.13. The molecule has 0 spiro atoms. The predicted molar refractivity (Wildman–Crippen MR) is 77.4 cm³/mol. The number of aromatic hydroxyl groups is 1. The van der Waals surface area contributed by atoms with Gasteiger partial charge in [0.1, 0.15) is 25.1 Å². The number of phenolic OH excluding ortho intramolecular Hbond substituents is 1. The van der Waals surface area contributed by atoms with Crippen LogP contribution in [0.3, 0.4) is 0 Å². The van der Waals surface area contributed by atoms with Gasteiger partial charge in [-0.25, -0.2) is 0 Å². The van der Waals surface area contributed by atoms with Crippen molar-refractivity contribution in [1.82, 2.24) is 0 Å². The van der Waals surface area contributed by atoms with Gasteiger partial charge in [-0.05, 0) is 26.0 Å². The van der Waals surface area contributed by atoms with Crippen molar-refractivity contribution in [3.8, 4) is 11.5 Å². The molecular formula is C15H24O6. The van der Waals surface area contributed by atoms with Crippen molar-refractivity contribution < 1.29 is 29.2 Å². The summed E-state index contributed by atoms with van der Waals surface area (Å²) in [4.78, 5) is 0. The van der Waals surface area contributed by atoms with Crippen molar-refractivity contribution in [3.63, 3.8) is 0 Å². The number of aliphatic hydroxyl groups is 1. The van der Waals surface area contributed by atoms with Crippen molar-refractivity contribution in [3.05, 3.63) is 23.3 Å². The Morgan fingerprint density at radius 1 is 1.19 bits per heavy atom. The summed E-state index contributed by atoms with van der Waals surface area (Å²) in [6, 6.07) is 3.40. The van der Waals surface area contributed by atoms with E-state index in [4.69, 9.17) is 4.74 Å². The number of phenols is 1. The molecule has 0 saturated heterocycles. The van der Waals surface area contributed by atoms with Gasteiger partial charge in [-0.1, -0.05) is 0 Å². The topological polar surface area (TPSA) is 77.4 Å². The molecule has 6 heteroatoms. The van der Waals surface area contributed by atoms with Gasteiger partial charge >= 0.3 is 0 Å². The smallest absolute Gasteiger partial charge is 0.149 e. The van der Waals surface area contributed by atoms with Gasteiger partial charge in [0.05, 0.1) is 12.2 Å². The number of ether oxygens (including phenoxy) is 4. The van der Waals surface area contributed by atoms with Gasteiger partial charge in [-0.2, -0.15) is 0 Å². The van der Waals surface area contributed by atoms with Gasteiger partial charge < -0.3 is 29.2 Å². The Bertz CT molecular complexity index is 435. The van der Waals surface area contributed by atoms with Crippen LogP contribution in [-0.2, 0) is 26.2 Å². The van der Waals surface area contributed by atoms with Crippen LogP contribution < -0.4 is 4.74 Å². The van der Waals surface area contributed by atoms with Crippen LogP contribution >= 0.6 is 0 Å². The average Bonchev–Trinajstić information content (AvgIpc) is 2.85. The maximum absolute atomic E-state index is 9.79. The molecule has 1 aliphatic heterocycles. The van der Waals surface area contributed by atoms with Crippen LogP contribution in [0.2, 0.25) is 0 Å². The first-order valence-electron chi connectivity index (χ1n) is 6.67. The van der Waals surface area contributed by atoms with Crippen molar-refractivity contribution in [2.45, 2.75) is 25.9 Å². The van der Waals surface area contributed by atoms with E-state index in [2.05, 4.69) is 14.2 Å². The molecule has 0 aromatic heterocycles. The van der Waals surface area contributed by atoms with E-state index in [-0.39, 0.29) is 5.75 Å². The van der Waals surface area contributed by atoms with Crippen LogP contribution in [0.4, 0.5) is 0 Å². The number of rotatable bonds is 5. The molecule has 1 aromatic carbocycles. The SMILES string of the molecule is CC(C)(O)c1cc2c(cc1O)CCO2.COCOCOC. The molecule has 0 saturated carbocycles. The van der Waals surface area contributed by atoms with Crippen LogP contribution in [0.25, 0.3) is 0 Å². The third-order valence-corrected chi connectivity index (χ3v) is 2.87. The zero-order chi connectivity index (χ0) is 15.9. The van der Waals surface area contributed by atoms with Gasteiger partial charge in [0.15, 0.2) is 0 Å². The molecule has 6 nitrogen and oxygen atoms in total. The first-order valence-corrected chi connectivity index (χ1v) is 6.67. The number of hydrogen-bond donors (Lipinski definition) is 2. The monoisotopic (exact) mass is 300 g/mol. The maximum Gasteiger partial charge on any atom is 0.149 e. The summed E-state index contributed by atoms with van der Waals surface area (Å²) in [6.07, 6.45) is 0.828. The molecule has 0 bridgehead atoms. The van der Waals surface area contributed by atoms with Crippen molar-refractivity contribution in [2.75, 3.05) is 34.4 Å². The van der Waals surface area contributed by atoms with Crippen molar-refractivity contribution >= 4 is 0 Å². The lowest BCUT2D eigenvalue weighted by Gasteiger charge is -2.19. The lowest BCUT2D eigenvalue weighted by atomic mass is 9.95. The zero-order valence-corrected chi connectivity index (χ0v) is 13.0. The second-order valence-corrected chi connectivity index (χ2v) is 5.15. The lowest BCUT2D eigenvalue weighted by molar-refractivity contribution is -0.107. The summed E-state index contributed by atoms with van der Waals surface area (Å²) >= 11 is 0. The van der Waals surface area contributed by atoms with Crippen LogP contribution in [0, 0.1) is 0 Å². The van der Waals surface area contributed by atoms with Gasteiger partial charge in [-0.3, -0.25) is 0 Å². The van der Waals surface area contributed by atoms with Crippen molar-refractivity contribution in [1.29, 1.82) is 0 Å². The standard InChI is InChI=1S/C11H14O3.C4H10O3/c1-11(2,13)8-6-10-7(3-4-14-10)5-9(8)12;1-5-3-7-4-6-2/h5-6,12-13H,3-4H2,1-2H3;3-4H2,1-2H3. The van der Waals surface area contributed by atoms with E-state index in [1.54, 1.807) is 40.2 Å². The summed E-state index contributed by atoms with van der Waals surface area (Å²) in [5.74, 6) is 0.918. The molecule has 1 heterocycles. The summed E-state index contributed by atoms with van der Waals surface area (Å²) in [5.41, 5.74) is 0.485. The molecule has 0 fully saturated rings. The van der Waals surface area contributed by atoms with E-state index in [1.165, 1.54) is 0 Å². The van der Waals surface area contributed by atoms with E-state index < -0.39 is 5.60 Å². The summed E-state index contributed by atoms with van der Waals surface area (Å²) < 4.78 is 19.1. The van der Waals surface area contributed by atoms with Gasteiger partial charge in [0, 0.05) is 31.8 Å². The van der Waals surface area contributed by atoms with E-state index in [9.17, 15) is 10.2 Å². The molecule has 1 aromatic rings. The molecule has 120 valence electrons. The maximum atomic E-state index is 9.79.